The summed E-state index contributed by atoms with van der Waals surface area (Å²) in [5.41, 5.74) is 0. The fourth-order valence-electron chi connectivity index (χ4n) is 2.29. The van der Waals surface area contributed by atoms with E-state index in [9.17, 15) is 9.59 Å². The number of thioether (sulfide) groups is 1. The molecule has 0 atom stereocenters. The van der Waals surface area contributed by atoms with Crippen LogP contribution >= 0.6 is 11.8 Å². The first-order valence-electron chi connectivity index (χ1n) is 7.24. The zero-order chi connectivity index (χ0) is 16.1. The van der Waals surface area contributed by atoms with Crippen molar-refractivity contribution in [3.05, 3.63) is 42.6 Å². The van der Waals surface area contributed by atoms with Gasteiger partial charge in [-0.3, -0.25) is 9.59 Å². The van der Waals surface area contributed by atoms with E-state index in [-0.39, 0.29) is 11.8 Å². The van der Waals surface area contributed by atoms with Crippen LogP contribution in [0.15, 0.2) is 46.4 Å². The lowest BCUT2D eigenvalue weighted by molar-refractivity contribution is -0.129. The second-order valence-electron chi connectivity index (χ2n) is 4.97. The van der Waals surface area contributed by atoms with Gasteiger partial charge < -0.3 is 14.2 Å². The second kappa shape index (κ2) is 7.28. The molecule has 120 valence electrons. The zero-order valence-corrected chi connectivity index (χ0v) is 13.2. The Labute approximate surface area is 137 Å². The van der Waals surface area contributed by atoms with Crippen LogP contribution in [0.25, 0.3) is 0 Å². The van der Waals surface area contributed by atoms with Crippen molar-refractivity contribution in [1.82, 2.24) is 19.8 Å². The Balaban J connectivity index is 1.47. The van der Waals surface area contributed by atoms with E-state index in [1.807, 2.05) is 0 Å². The predicted octanol–water partition coefficient (Wildman–Crippen LogP) is 1.15. The van der Waals surface area contributed by atoms with Crippen LogP contribution in [0, 0.1) is 0 Å². The summed E-state index contributed by atoms with van der Waals surface area (Å²) in [6, 6.07) is 5.08. The molecule has 23 heavy (non-hydrogen) atoms. The third kappa shape index (κ3) is 3.89. The Morgan fingerprint density at radius 2 is 1.78 bits per heavy atom. The lowest BCUT2D eigenvalue weighted by atomic mass is 10.3. The number of nitrogens with zero attached hydrogens (tertiary/aromatic N) is 4. The molecule has 2 amide bonds. The highest BCUT2D eigenvalue weighted by atomic mass is 32.2. The van der Waals surface area contributed by atoms with E-state index in [1.165, 1.54) is 18.0 Å². The molecule has 0 saturated carbocycles. The number of hydrogen-bond acceptors (Lipinski definition) is 6. The minimum Gasteiger partial charge on any atom is -0.459 e. The van der Waals surface area contributed by atoms with Crippen LogP contribution in [-0.4, -0.2) is 63.5 Å². The van der Waals surface area contributed by atoms with Crippen LogP contribution in [0.2, 0.25) is 0 Å². The largest absolute Gasteiger partial charge is 0.459 e. The van der Waals surface area contributed by atoms with Crippen molar-refractivity contribution in [1.29, 1.82) is 0 Å². The number of piperazine rings is 1. The van der Waals surface area contributed by atoms with Crippen LogP contribution in [0.1, 0.15) is 10.6 Å². The van der Waals surface area contributed by atoms with E-state index < -0.39 is 0 Å². The first-order chi connectivity index (χ1) is 11.2. The van der Waals surface area contributed by atoms with Crippen molar-refractivity contribution < 1.29 is 14.0 Å². The summed E-state index contributed by atoms with van der Waals surface area (Å²) < 4.78 is 5.12. The average molecular weight is 332 g/mol. The van der Waals surface area contributed by atoms with Gasteiger partial charge in [-0.2, -0.15) is 0 Å². The Morgan fingerprint density at radius 3 is 2.43 bits per heavy atom. The SMILES string of the molecule is O=C(CSc1ncccn1)N1CCN(C(=O)c2ccco2)CC1. The number of rotatable bonds is 4. The first-order valence-corrected chi connectivity index (χ1v) is 8.23. The van der Waals surface area contributed by atoms with Gasteiger partial charge in [-0.15, -0.1) is 0 Å². The highest BCUT2D eigenvalue weighted by molar-refractivity contribution is 7.99. The highest BCUT2D eigenvalue weighted by Crippen LogP contribution is 2.14. The van der Waals surface area contributed by atoms with Gasteiger partial charge in [0, 0.05) is 38.6 Å². The topological polar surface area (TPSA) is 79.5 Å². The molecular weight excluding hydrogens is 316 g/mol. The molecule has 1 aliphatic rings. The van der Waals surface area contributed by atoms with E-state index in [1.54, 1.807) is 40.4 Å². The van der Waals surface area contributed by atoms with E-state index in [0.717, 1.165) is 0 Å². The maximum absolute atomic E-state index is 12.2. The summed E-state index contributed by atoms with van der Waals surface area (Å²) in [5, 5.41) is 0.590. The average Bonchev–Trinajstić information content (AvgIpc) is 3.15. The fraction of sp³-hybridized carbons (Fsp3) is 0.333. The molecule has 0 N–H and O–H groups in total. The summed E-state index contributed by atoms with van der Waals surface area (Å²) in [4.78, 5) is 36.0. The monoisotopic (exact) mass is 332 g/mol. The second-order valence-corrected chi connectivity index (χ2v) is 5.91. The maximum atomic E-state index is 12.2. The lowest BCUT2D eigenvalue weighted by Gasteiger charge is -2.34. The van der Waals surface area contributed by atoms with Crippen LogP contribution in [0.5, 0.6) is 0 Å². The van der Waals surface area contributed by atoms with Gasteiger partial charge in [0.1, 0.15) is 0 Å². The molecule has 3 heterocycles. The number of furan rings is 1. The van der Waals surface area contributed by atoms with Crippen molar-refractivity contribution in [2.24, 2.45) is 0 Å². The molecule has 0 radical (unpaired) electrons. The van der Waals surface area contributed by atoms with Gasteiger partial charge in [-0.25, -0.2) is 9.97 Å². The minimum atomic E-state index is -0.130. The summed E-state index contributed by atoms with van der Waals surface area (Å²) in [5.74, 6) is 0.541. The Hall–Kier alpha value is -2.35. The van der Waals surface area contributed by atoms with E-state index >= 15 is 0 Å². The first kappa shape index (κ1) is 15.5. The predicted molar refractivity (Wildman–Crippen MR) is 83.9 cm³/mol. The molecule has 7 nitrogen and oxygen atoms in total. The van der Waals surface area contributed by atoms with Gasteiger partial charge in [0.05, 0.1) is 12.0 Å². The molecule has 0 spiro atoms. The summed E-state index contributed by atoms with van der Waals surface area (Å²) in [7, 11) is 0. The van der Waals surface area contributed by atoms with Gasteiger partial charge in [0.15, 0.2) is 10.9 Å². The molecule has 0 aromatic carbocycles. The smallest absolute Gasteiger partial charge is 0.289 e. The molecule has 1 saturated heterocycles. The highest BCUT2D eigenvalue weighted by Gasteiger charge is 2.25. The number of aromatic nitrogens is 2. The fourth-order valence-corrected chi connectivity index (χ4v) is 3.00. The Bertz CT molecular complexity index is 655. The lowest BCUT2D eigenvalue weighted by Crippen LogP contribution is -2.51. The van der Waals surface area contributed by atoms with Gasteiger partial charge in [-0.05, 0) is 18.2 Å². The molecule has 0 bridgehead atoms. The Morgan fingerprint density at radius 1 is 1.09 bits per heavy atom. The van der Waals surface area contributed by atoms with Gasteiger partial charge in [0.2, 0.25) is 5.91 Å². The molecule has 3 rings (SSSR count). The van der Waals surface area contributed by atoms with E-state index in [4.69, 9.17) is 4.42 Å². The van der Waals surface area contributed by atoms with Crippen molar-refractivity contribution in [3.63, 3.8) is 0 Å². The molecular formula is C15H16N4O3S. The molecule has 8 heteroatoms. The standard InChI is InChI=1S/C15H16N4O3S/c20-13(11-23-15-16-4-2-5-17-15)18-6-8-19(9-7-18)14(21)12-3-1-10-22-12/h1-5,10H,6-9,11H2. The van der Waals surface area contributed by atoms with Crippen molar-refractivity contribution in [2.45, 2.75) is 5.16 Å². The molecule has 0 aliphatic carbocycles. The van der Waals surface area contributed by atoms with Gasteiger partial charge in [-0.1, -0.05) is 11.8 Å². The van der Waals surface area contributed by atoms with Crippen LogP contribution in [0.4, 0.5) is 0 Å². The number of hydrogen-bond donors (Lipinski definition) is 0. The third-order valence-corrected chi connectivity index (χ3v) is 4.38. The third-order valence-electron chi connectivity index (χ3n) is 3.52. The molecule has 0 unspecified atom stereocenters. The maximum Gasteiger partial charge on any atom is 0.289 e. The van der Waals surface area contributed by atoms with Gasteiger partial charge >= 0.3 is 0 Å². The normalized spacial score (nSPS) is 14.8. The molecule has 1 aliphatic heterocycles. The number of carbonyl (C=O) groups excluding carboxylic acids is 2. The van der Waals surface area contributed by atoms with E-state index in [2.05, 4.69) is 9.97 Å². The van der Waals surface area contributed by atoms with Crippen molar-refractivity contribution in [2.75, 3.05) is 31.9 Å². The molecule has 1 fully saturated rings. The van der Waals surface area contributed by atoms with Gasteiger partial charge in [0.25, 0.3) is 5.91 Å². The summed E-state index contributed by atoms with van der Waals surface area (Å²) >= 11 is 1.32. The summed E-state index contributed by atoms with van der Waals surface area (Å²) in [6.07, 6.45) is 4.79. The number of amides is 2. The zero-order valence-electron chi connectivity index (χ0n) is 12.4. The quantitative estimate of drug-likeness (QED) is 0.617. The van der Waals surface area contributed by atoms with Crippen LogP contribution in [-0.2, 0) is 4.79 Å². The van der Waals surface area contributed by atoms with Crippen LogP contribution in [0.3, 0.4) is 0 Å². The Kier molecular flexibility index (Phi) is 4.92. The van der Waals surface area contributed by atoms with Crippen molar-refractivity contribution >= 4 is 23.6 Å². The van der Waals surface area contributed by atoms with E-state index in [0.29, 0.717) is 42.8 Å². The molecule has 2 aromatic heterocycles. The molecule has 2 aromatic rings. The minimum absolute atomic E-state index is 0.0348. The number of carbonyl (C=O) groups is 2. The van der Waals surface area contributed by atoms with Crippen LogP contribution < -0.4 is 0 Å². The van der Waals surface area contributed by atoms with Crippen molar-refractivity contribution in [3.8, 4) is 0 Å². The summed E-state index contributed by atoms with van der Waals surface area (Å²) in [6.45, 7) is 2.08.